The van der Waals surface area contributed by atoms with Crippen molar-refractivity contribution >= 4 is 12.3 Å². The van der Waals surface area contributed by atoms with Crippen LogP contribution in [0, 0.1) is 0 Å². The first-order valence-electron chi connectivity index (χ1n) is 7.40. The van der Waals surface area contributed by atoms with Crippen LogP contribution >= 0.6 is 0 Å². The highest BCUT2D eigenvalue weighted by Crippen LogP contribution is 2.13. The van der Waals surface area contributed by atoms with Gasteiger partial charge in [-0.25, -0.2) is 9.78 Å². The lowest BCUT2D eigenvalue weighted by Crippen LogP contribution is -2.25. The van der Waals surface area contributed by atoms with Crippen LogP contribution in [0.3, 0.4) is 0 Å². The Balaban J connectivity index is 3.64. The van der Waals surface area contributed by atoms with E-state index < -0.39 is 23.5 Å². The van der Waals surface area contributed by atoms with Gasteiger partial charge in [-0.05, 0) is 37.8 Å². The second-order valence-electron chi connectivity index (χ2n) is 5.98. The second-order valence-corrected chi connectivity index (χ2v) is 5.98. The predicted octanol–water partition coefficient (Wildman–Crippen LogP) is 2.63. The van der Waals surface area contributed by atoms with E-state index in [1.165, 1.54) is 0 Å². The number of carbonyl (C=O) groups is 2. The summed E-state index contributed by atoms with van der Waals surface area (Å²) in [6.45, 7) is 7.49. The van der Waals surface area contributed by atoms with E-state index in [0.29, 0.717) is 12.8 Å². The third kappa shape index (κ3) is 13.5. The van der Waals surface area contributed by atoms with Gasteiger partial charge in [-0.3, -0.25) is 0 Å². The summed E-state index contributed by atoms with van der Waals surface area (Å²) >= 11 is 0. The van der Waals surface area contributed by atoms with E-state index in [9.17, 15) is 9.59 Å². The fraction of sp³-hybridized carbons (Fsp3) is 0.857. The Kier molecular flexibility index (Phi) is 11.2. The molecule has 0 amide bonds. The molecule has 148 valence electrons. The molecule has 0 N–H and O–H groups in total. The second kappa shape index (κ2) is 12.0. The summed E-state index contributed by atoms with van der Waals surface area (Å²) in [4.78, 5) is 39.2. The third-order valence-electron chi connectivity index (χ3n) is 3.15. The minimum Gasteiger partial charge on any atom is -0.379 e. The van der Waals surface area contributed by atoms with Crippen LogP contribution in [0.2, 0.25) is 0 Å². The van der Waals surface area contributed by atoms with Crippen LogP contribution in [0.5, 0.6) is 0 Å². The van der Waals surface area contributed by atoms with Crippen molar-refractivity contribution in [3.8, 4) is 0 Å². The number of hydrogen-bond donors (Lipinski definition) is 0. The van der Waals surface area contributed by atoms with Gasteiger partial charge < -0.3 is 14.2 Å². The number of ether oxygens (including phenoxy) is 3. The summed E-state index contributed by atoms with van der Waals surface area (Å²) in [5, 5.41) is 8.21. The maximum atomic E-state index is 11.0. The third-order valence-corrected chi connectivity index (χ3v) is 3.15. The Labute approximate surface area is 146 Å². The molecule has 0 saturated carbocycles. The summed E-state index contributed by atoms with van der Waals surface area (Å²) < 4.78 is 14.3. The number of hydrogen-bond acceptors (Lipinski definition) is 11. The molecule has 0 rings (SSSR count). The summed E-state index contributed by atoms with van der Waals surface area (Å²) in [5.41, 5.74) is -0.854. The topological polar surface area (TPSA) is 117 Å². The molecule has 11 heteroatoms. The fourth-order valence-corrected chi connectivity index (χ4v) is 1.05. The van der Waals surface area contributed by atoms with Crippen LogP contribution in [0.15, 0.2) is 0 Å². The summed E-state index contributed by atoms with van der Waals surface area (Å²) in [5.74, 6) is 0. The van der Waals surface area contributed by atoms with Crippen LogP contribution < -0.4 is 0 Å². The number of rotatable bonds is 12. The normalized spacial score (nSPS) is 11.9. The maximum Gasteiger partial charge on any atom is 0.553 e. The first kappa shape index (κ1) is 23.5. The van der Waals surface area contributed by atoms with Crippen molar-refractivity contribution in [2.24, 2.45) is 0 Å². The average molecular weight is 370 g/mol. The molecule has 0 unspecified atom stereocenters. The molecule has 0 atom stereocenters. The fourth-order valence-electron chi connectivity index (χ4n) is 1.05. The van der Waals surface area contributed by atoms with Crippen LogP contribution in [0.4, 0.5) is 9.59 Å². The van der Waals surface area contributed by atoms with Gasteiger partial charge >= 0.3 is 12.3 Å². The van der Waals surface area contributed by atoms with E-state index in [-0.39, 0.29) is 13.2 Å². The Bertz CT molecular complexity index is 358. The molecule has 0 aromatic carbocycles. The molecular weight excluding hydrogens is 344 g/mol. The minimum atomic E-state index is -1.51. The summed E-state index contributed by atoms with van der Waals surface area (Å²) in [7, 11) is 3.09. The van der Waals surface area contributed by atoms with Crippen molar-refractivity contribution in [2.45, 2.75) is 51.7 Å². The molecule has 0 aliphatic heterocycles. The van der Waals surface area contributed by atoms with Gasteiger partial charge in [-0.1, -0.05) is 0 Å². The van der Waals surface area contributed by atoms with Gasteiger partial charge in [0, 0.05) is 27.1 Å². The quantitative estimate of drug-likeness (QED) is 0.166. The monoisotopic (exact) mass is 370 g/mol. The van der Waals surface area contributed by atoms with Gasteiger partial charge in [0.15, 0.2) is 0 Å². The molecule has 0 fully saturated rings. The van der Waals surface area contributed by atoms with E-state index in [2.05, 4.69) is 34.4 Å². The van der Waals surface area contributed by atoms with Crippen molar-refractivity contribution in [3.05, 3.63) is 0 Å². The summed E-state index contributed by atoms with van der Waals surface area (Å²) in [6.07, 6.45) is -2.09. The Morgan fingerprint density at radius 2 is 1.08 bits per heavy atom. The number of carbonyl (C=O) groups excluding carboxylic acids is 2. The van der Waals surface area contributed by atoms with Gasteiger partial charge in [0.25, 0.3) is 0 Å². The first-order valence-corrected chi connectivity index (χ1v) is 7.40. The highest BCUT2D eigenvalue weighted by Gasteiger charge is 2.19. The SMILES string of the molecule is COC(C)(C)CCOOOC(=O)OC(=O)OOOCCC(C)(C)OC. The van der Waals surface area contributed by atoms with Crippen molar-refractivity contribution in [1.29, 1.82) is 0 Å². The van der Waals surface area contributed by atoms with Crippen LogP contribution in [0.25, 0.3) is 0 Å². The maximum absolute atomic E-state index is 11.0. The minimum absolute atomic E-state index is 0.0767. The van der Waals surface area contributed by atoms with Gasteiger partial charge in [0.1, 0.15) is 0 Å². The van der Waals surface area contributed by atoms with Crippen LogP contribution in [-0.2, 0) is 43.8 Å². The molecule has 0 bridgehead atoms. The Hall–Kier alpha value is -1.50. The molecule has 0 aliphatic carbocycles. The van der Waals surface area contributed by atoms with Gasteiger partial charge in [-0.2, -0.15) is 19.4 Å². The largest absolute Gasteiger partial charge is 0.553 e. The van der Waals surface area contributed by atoms with E-state index in [4.69, 9.17) is 9.47 Å². The Morgan fingerprint density at radius 3 is 1.40 bits per heavy atom. The van der Waals surface area contributed by atoms with Crippen molar-refractivity contribution < 1.29 is 53.4 Å². The molecule has 0 aromatic heterocycles. The first-order chi connectivity index (χ1) is 11.6. The molecule has 0 spiro atoms. The average Bonchev–Trinajstić information content (AvgIpc) is 2.54. The molecule has 0 aromatic rings. The molecule has 11 nitrogen and oxygen atoms in total. The Morgan fingerprint density at radius 1 is 0.720 bits per heavy atom. The lowest BCUT2D eigenvalue weighted by molar-refractivity contribution is -0.494. The number of methoxy groups -OCH3 is 2. The zero-order chi connectivity index (χ0) is 19.3. The van der Waals surface area contributed by atoms with E-state index in [0.717, 1.165) is 0 Å². The van der Waals surface area contributed by atoms with Crippen LogP contribution in [-0.4, -0.2) is 50.9 Å². The molecule has 0 heterocycles. The molecule has 25 heavy (non-hydrogen) atoms. The van der Waals surface area contributed by atoms with Crippen LogP contribution in [0.1, 0.15) is 40.5 Å². The molecule has 0 radical (unpaired) electrons. The highest BCUT2D eigenvalue weighted by atomic mass is 17.5. The summed E-state index contributed by atoms with van der Waals surface area (Å²) in [6, 6.07) is 0. The van der Waals surface area contributed by atoms with Gasteiger partial charge in [0.2, 0.25) is 0 Å². The van der Waals surface area contributed by atoms with Gasteiger partial charge in [0.05, 0.1) is 24.4 Å². The van der Waals surface area contributed by atoms with E-state index >= 15 is 0 Å². The highest BCUT2D eigenvalue weighted by molar-refractivity contribution is 5.76. The smallest absolute Gasteiger partial charge is 0.379 e. The van der Waals surface area contributed by atoms with Gasteiger partial charge in [-0.15, -0.1) is 0 Å². The lowest BCUT2D eigenvalue weighted by Gasteiger charge is -2.21. The van der Waals surface area contributed by atoms with E-state index in [1.807, 2.05) is 27.7 Å². The molecule has 0 saturated heterocycles. The standard InChI is InChI=1S/C14H26O11/c1-13(2,17-5)7-9-19-24-22-11(15)21-12(16)23-25-20-10-8-14(3,4)18-6/h7-10H2,1-6H3. The zero-order valence-electron chi connectivity index (χ0n) is 15.3. The van der Waals surface area contributed by atoms with Crippen molar-refractivity contribution in [2.75, 3.05) is 27.4 Å². The zero-order valence-corrected chi connectivity index (χ0v) is 15.3. The lowest BCUT2D eigenvalue weighted by atomic mass is 10.1. The molecule has 0 aliphatic rings. The van der Waals surface area contributed by atoms with Crippen molar-refractivity contribution in [3.63, 3.8) is 0 Å². The van der Waals surface area contributed by atoms with E-state index in [1.54, 1.807) is 14.2 Å². The van der Waals surface area contributed by atoms with Crippen molar-refractivity contribution in [1.82, 2.24) is 0 Å². The molecular formula is C14H26O11. The predicted molar refractivity (Wildman–Crippen MR) is 79.5 cm³/mol.